The molecular weight excluding hydrogens is 383 g/mol. The second-order valence-electron chi connectivity index (χ2n) is 6.66. The lowest BCUT2D eigenvalue weighted by Crippen LogP contribution is -2.53. The highest BCUT2D eigenvalue weighted by atomic mass is 35.5. The number of aromatic nitrogens is 3. The minimum absolute atomic E-state index is 0.0325. The average molecular weight is 401 g/mol. The zero-order valence-electron chi connectivity index (χ0n) is 15.0. The zero-order valence-corrected chi connectivity index (χ0v) is 15.7. The van der Waals surface area contributed by atoms with Gasteiger partial charge in [0, 0.05) is 18.1 Å². The Balaban J connectivity index is 1.31. The van der Waals surface area contributed by atoms with Gasteiger partial charge in [-0.25, -0.2) is 14.2 Å². The third-order valence-corrected chi connectivity index (χ3v) is 4.80. The molecule has 3 aromatic rings. The highest BCUT2D eigenvalue weighted by Crippen LogP contribution is 2.18. The molecule has 144 valence electrons. The van der Waals surface area contributed by atoms with Crippen molar-refractivity contribution in [3.05, 3.63) is 87.3 Å². The highest BCUT2D eigenvalue weighted by Gasteiger charge is 2.29. The van der Waals surface area contributed by atoms with E-state index in [9.17, 15) is 9.18 Å². The molecule has 8 heteroatoms. The van der Waals surface area contributed by atoms with E-state index in [-0.39, 0.29) is 17.6 Å². The van der Waals surface area contributed by atoms with Crippen molar-refractivity contribution in [3.8, 4) is 0 Å². The molecule has 0 N–H and O–H groups in total. The fraction of sp³-hybridized carbons (Fsp3) is 0.250. The molecule has 0 saturated carbocycles. The van der Waals surface area contributed by atoms with Crippen molar-refractivity contribution in [3.63, 3.8) is 0 Å². The Morgan fingerprint density at radius 2 is 1.75 bits per heavy atom. The van der Waals surface area contributed by atoms with E-state index in [0.717, 1.165) is 11.1 Å². The molecule has 2 aromatic carbocycles. The summed E-state index contributed by atoms with van der Waals surface area (Å²) in [6, 6.07) is 13.5. The van der Waals surface area contributed by atoms with Crippen LogP contribution in [0.3, 0.4) is 0 Å². The topological polar surface area (TPSA) is 60.3 Å². The maximum atomic E-state index is 12.9. The van der Waals surface area contributed by atoms with E-state index >= 15 is 0 Å². The molecule has 1 fully saturated rings. The number of anilines is 1. The van der Waals surface area contributed by atoms with Crippen molar-refractivity contribution >= 4 is 17.5 Å². The number of hydrogen-bond acceptors (Lipinski definition) is 5. The van der Waals surface area contributed by atoms with Crippen molar-refractivity contribution in [2.24, 2.45) is 0 Å². The molecule has 0 spiro atoms. The lowest BCUT2D eigenvalue weighted by Gasteiger charge is -2.38. The van der Waals surface area contributed by atoms with Gasteiger partial charge in [0.1, 0.15) is 12.1 Å². The molecule has 0 atom stereocenters. The smallest absolute Gasteiger partial charge is 0.352 e. The third kappa shape index (κ3) is 4.37. The first-order chi connectivity index (χ1) is 13.6. The van der Waals surface area contributed by atoms with Crippen LogP contribution in [0.15, 0.2) is 59.7 Å². The van der Waals surface area contributed by atoms with Crippen LogP contribution in [0.5, 0.6) is 0 Å². The van der Waals surface area contributed by atoms with Gasteiger partial charge in [-0.2, -0.15) is 4.98 Å². The first-order valence-electron chi connectivity index (χ1n) is 8.86. The number of ether oxygens (including phenoxy) is 1. The van der Waals surface area contributed by atoms with Crippen molar-refractivity contribution in [1.82, 2.24) is 14.5 Å². The van der Waals surface area contributed by atoms with E-state index in [1.807, 2.05) is 17.0 Å². The Morgan fingerprint density at radius 3 is 2.43 bits per heavy atom. The lowest BCUT2D eigenvalue weighted by molar-refractivity contribution is 0.0217. The molecule has 6 nitrogen and oxygen atoms in total. The van der Waals surface area contributed by atoms with E-state index in [0.29, 0.717) is 37.2 Å². The number of nitrogens with zero attached hydrogens (tertiary/aromatic N) is 4. The fourth-order valence-electron chi connectivity index (χ4n) is 2.90. The lowest BCUT2D eigenvalue weighted by atomic mass is 10.2. The van der Waals surface area contributed by atoms with E-state index in [4.69, 9.17) is 16.3 Å². The van der Waals surface area contributed by atoms with Crippen LogP contribution >= 0.6 is 11.6 Å². The number of benzene rings is 2. The zero-order chi connectivity index (χ0) is 19.5. The van der Waals surface area contributed by atoms with Gasteiger partial charge >= 0.3 is 5.69 Å². The maximum Gasteiger partial charge on any atom is 0.352 e. The molecule has 4 rings (SSSR count). The standard InChI is InChI=1S/C20H18ClFN4O2/c21-16-5-1-14(2-6-16)9-26-13-23-19(24-20(26)27)25-10-18(11-25)28-12-15-3-7-17(22)8-4-15/h1-8,13,18H,9-12H2. The number of halogens is 2. The number of hydrogen-bond donors (Lipinski definition) is 0. The van der Waals surface area contributed by atoms with Gasteiger partial charge in [0.2, 0.25) is 5.95 Å². The van der Waals surface area contributed by atoms with Crippen molar-refractivity contribution in [2.45, 2.75) is 19.3 Å². The summed E-state index contributed by atoms with van der Waals surface area (Å²) in [6.07, 6.45) is 1.54. The van der Waals surface area contributed by atoms with Crippen LogP contribution in [-0.4, -0.2) is 33.7 Å². The van der Waals surface area contributed by atoms with Crippen LogP contribution < -0.4 is 10.6 Å². The molecular formula is C20H18ClFN4O2. The summed E-state index contributed by atoms with van der Waals surface area (Å²) in [5.74, 6) is 0.139. The number of rotatable bonds is 6. The van der Waals surface area contributed by atoms with Crippen LogP contribution in [0, 0.1) is 5.82 Å². The molecule has 1 aliphatic heterocycles. The third-order valence-electron chi connectivity index (χ3n) is 4.55. The van der Waals surface area contributed by atoms with Crippen LogP contribution in [0.1, 0.15) is 11.1 Å². The molecule has 0 radical (unpaired) electrons. The fourth-order valence-corrected chi connectivity index (χ4v) is 3.02. The summed E-state index contributed by atoms with van der Waals surface area (Å²) in [5, 5.41) is 0.650. The molecule has 0 bridgehead atoms. The molecule has 1 saturated heterocycles. The Bertz CT molecular complexity index is 1000. The molecule has 0 aliphatic carbocycles. The predicted octanol–water partition coefficient (Wildman–Crippen LogP) is 2.88. The SMILES string of the molecule is O=c1nc(N2CC(OCc3ccc(F)cc3)C2)ncn1Cc1ccc(Cl)cc1. The minimum Gasteiger partial charge on any atom is -0.370 e. The summed E-state index contributed by atoms with van der Waals surface area (Å²) >= 11 is 5.88. The van der Waals surface area contributed by atoms with E-state index in [1.54, 1.807) is 24.3 Å². The summed E-state index contributed by atoms with van der Waals surface area (Å²) in [7, 11) is 0. The molecule has 28 heavy (non-hydrogen) atoms. The van der Waals surface area contributed by atoms with Gasteiger partial charge in [0.05, 0.1) is 19.3 Å². The van der Waals surface area contributed by atoms with E-state index in [2.05, 4.69) is 9.97 Å². The van der Waals surface area contributed by atoms with Crippen LogP contribution in [0.4, 0.5) is 10.3 Å². The van der Waals surface area contributed by atoms with Crippen molar-refractivity contribution in [1.29, 1.82) is 0 Å². The van der Waals surface area contributed by atoms with Crippen molar-refractivity contribution in [2.75, 3.05) is 18.0 Å². The maximum absolute atomic E-state index is 12.9. The average Bonchev–Trinajstić information content (AvgIpc) is 2.66. The largest absolute Gasteiger partial charge is 0.370 e. The summed E-state index contributed by atoms with van der Waals surface area (Å²) < 4.78 is 20.1. The van der Waals surface area contributed by atoms with Gasteiger partial charge in [0.15, 0.2) is 0 Å². The molecule has 0 unspecified atom stereocenters. The molecule has 0 amide bonds. The van der Waals surface area contributed by atoms with Crippen LogP contribution in [0.25, 0.3) is 0 Å². The minimum atomic E-state index is -0.351. The van der Waals surface area contributed by atoms with Gasteiger partial charge < -0.3 is 9.64 Å². The van der Waals surface area contributed by atoms with Gasteiger partial charge in [-0.3, -0.25) is 4.57 Å². The monoisotopic (exact) mass is 400 g/mol. The predicted molar refractivity (Wildman–Crippen MR) is 104 cm³/mol. The Hall–Kier alpha value is -2.77. The summed E-state index contributed by atoms with van der Waals surface area (Å²) in [4.78, 5) is 22.5. The molecule has 2 heterocycles. The van der Waals surface area contributed by atoms with E-state index < -0.39 is 0 Å². The van der Waals surface area contributed by atoms with E-state index in [1.165, 1.54) is 23.0 Å². The first-order valence-corrected chi connectivity index (χ1v) is 9.23. The second-order valence-corrected chi connectivity index (χ2v) is 7.09. The normalized spacial score (nSPS) is 14.1. The summed E-state index contributed by atoms with van der Waals surface area (Å²) in [5.41, 5.74) is 1.51. The first kappa shape index (κ1) is 18.6. The Kier molecular flexibility index (Phi) is 5.36. The van der Waals surface area contributed by atoms with Gasteiger partial charge in [-0.15, -0.1) is 0 Å². The van der Waals surface area contributed by atoms with Crippen molar-refractivity contribution < 1.29 is 9.13 Å². The quantitative estimate of drug-likeness (QED) is 0.636. The molecule has 1 aliphatic rings. The highest BCUT2D eigenvalue weighted by molar-refractivity contribution is 6.30. The van der Waals surface area contributed by atoms with Crippen LogP contribution in [-0.2, 0) is 17.9 Å². The summed E-state index contributed by atoms with van der Waals surface area (Å²) in [6.45, 7) is 2.03. The van der Waals surface area contributed by atoms with Gasteiger partial charge in [-0.05, 0) is 35.4 Å². The van der Waals surface area contributed by atoms with Crippen LogP contribution in [0.2, 0.25) is 5.02 Å². The molecule has 1 aromatic heterocycles. The Morgan fingerprint density at radius 1 is 1.07 bits per heavy atom. The van der Waals surface area contributed by atoms with Gasteiger partial charge in [0.25, 0.3) is 0 Å². The Labute approximate surface area is 166 Å². The second kappa shape index (κ2) is 8.08. The van der Waals surface area contributed by atoms with Gasteiger partial charge in [-0.1, -0.05) is 35.9 Å².